The van der Waals surface area contributed by atoms with Gasteiger partial charge in [-0.3, -0.25) is 0 Å². The van der Waals surface area contributed by atoms with E-state index in [1.807, 2.05) is 19.1 Å². The van der Waals surface area contributed by atoms with Crippen LogP contribution in [-0.4, -0.2) is 17.8 Å². The van der Waals surface area contributed by atoms with Gasteiger partial charge in [0.25, 0.3) is 0 Å². The highest BCUT2D eigenvalue weighted by Gasteiger charge is 2.03. The number of phenols is 1. The monoisotopic (exact) mass is 245 g/mol. The lowest BCUT2D eigenvalue weighted by Gasteiger charge is -2.10. The fourth-order valence-electron chi connectivity index (χ4n) is 1.26. The molecule has 16 heavy (non-hydrogen) atoms. The maximum Gasteiger partial charge on any atom is 0.161 e. The Hall–Kier alpha value is -0.930. The van der Waals surface area contributed by atoms with Crippen LogP contribution in [0.4, 0.5) is 0 Å². The average Bonchev–Trinajstić information content (AvgIpc) is 2.19. The fraction of sp³-hybridized carbons (Fsp3) is 0.500. The molecule has 0 heterocycles. The molecule has 0 saturated heterocycles. The van der Waals surface area contributed by atoms with Crippen molar-refractivity contribution >= 4 is 12.4 Å². The van der Waals surface area contributed by atoms with Crippen LogP contribution in [-0.2, 0) is 6.54 Å². The Morgan fingerprint density at radius 1 is 1.38 bits per heavy atom. The van der Waals surface area contributed by atoms with E-state index in [2.05, 4.69) is 19.2 Å². The number of nitrogens with one attached hydrogen (secondary N) is 1. The van der Waals surface area contributed by atoms with E-state index in [0.29, 0.717) is 18.4 Å². The molecule has 0 saturated carbocycles. The molecule has 1 rings (SSSR count). The van der Waals surface area contributed by atoms with Gasteiger partial charge in [-0.2, -0.15) is 0 Å². The molecular weight excluding hydrogens is 226 g/mol. The van der Waals surface area contributed by atoms with Gasteiger partial charge in [-0.15, -0.1) is 12.4 Å². The number of aromatic hydroxyl groups is 1. The Morgan fingerprint density at radius 3 is 2.62 bits per heavy atom. The standard InChI is InChI=1S/C12H19NO2.ClH/c1-4-15-12-7-10(5-6-11(12)14)8-13-9(2)3;/h5-7,9,13-14H,4,8H2,1-3H3;1H. The first-order valence-electron chi connectivity index (χ1n) is 5.31. The molecule has 0 unspecified atom stereocenters. The SMILES string of the molecule is CCOc1cc(CNC(C)C)ccc1O.Cl. The van der Waals surface area contributed by atoms with Gasteiger partial charge >= 0.3 is 0 Å². The highest BCUT2D eigenvalue weighted by Crippen LogP contribution is 2.26. The quantitative estimate of drug-likeness (QED) is 0.838. The Kier molecular flexibility index (Phi) is 6.93. The van der Waals surface area contributed by atoms with Crippen LogP contribution < -0.4 is 10.1 Å². The number of hydrogen-bond acceptors (Lipinski definition) is 3. The molecule has 0 amide bonds. The number of hydrogen-bond donors (Lipinski definition) is 2. The number of benzene rings is 1. The summed E-state index contributed by atoms with van der Waals surface area (Å²) in [5, 5.41) is 12.8. The fourth-order valence-corrected chi connectivity index (χ4v) is 1.26. The van der Waals surface area contributed by atoms with Crippen molar-refractivity contribution < 1.29 is 9.84 Å². The van der Waals surface area contributed by atoms with Gasteiger partial charge in [0.2, 0.25) is 0 Å². The van der Waals surface area contributed by atoms with Crippen LogP contribution in [0.25, 0.3) is 0 Å². The summed E-state index contributed by atoms with van der Waals surface area (Å²) in [4.78, 5) is 0. The highest BCUT2D eigenvalue weighted by atomic mass is 35.5. The van der Waals surface area contributed by atoms with E-state index in [0.717, 1.165) is 12.1 Å². The average molecular weight is 246 g/mol. The molecule has 92 valence electrons. The Labute approximate surface area is 103 Å². The summed E-state index contributed by atoms with van der Waals surface area (Å²) >= 11 is 0. The van der Waals surface area contributed by atoms with Crippen molar-refractivity contribution in [2.45, 2.75) is 33.4 Å². The molecule has 2 N–H and O–H groups in total. The van der Waals surface area contributed by atoms with Crippen molar-refractivity contribution in [3.05, 3.63) is 23.8 Å². The third-order valence-corrected chi connectivity index (χ3v) is 2.04. The van der Waals surface area contributed by atoms with Gasteiger partial charge < -0.3 is 15.2 Å². The molecular formula is C12H20ClNO2. The second-order valence-corrected chi connectivity index (χ2v) is 3.77. The number of phenolic OH excluding ortho intramolecular Hbond substituents is 1. The summed E-state index contributed by atoms with van der Waals surface area (Å²) < 4.78 is 5.31. The number of halogens is 1. The van der Waals surface area contributed by atoms with Crippen LogP contribution in [0.2, 0.25) is 0 Å². The zero-order chi connectivity index (χ0) is 11.3. The smallest absolute Gasteiger partial charge is 0.161 e. The predicted molar refractivity (Wildman–Crippen MR) is 68.5 cm³/mol. The molecule has 3 nitrogen and oxygen atoms in total. The normalized spacial score (nSPS) is 10.0. The topological polar surface area (TPSA) is 41.5 Å². The Morgan fingerprint density at radius 2 is 2.06 bits per heavy atom. The van der Waals surface area contributed by atoms with Crippen molar-refractivity contribution in [1.29, 1.82) is 0 Å². The third-order valence-electron chi connectivity index (χ3n) is 2.04. The molecule has 0 aliphatic rings. The molecule has 0 aliphatic carbocycles. The summed E-state index contributed by atoms with van der Waals surface area (Å²) in [6.07, 6.45) is 0. The van der Waals surface area contributed by atoms with E-state index in [1.165, 1.54) is 0 Å². The van der Waals surface area contributed by atoms with Crippen molar-refractivity contribution in [2.75, 3.05) is 6.61 Å². The summed E-state index contributed by atoms with van der Waals surface area (Å²) in [5.41, 5.74) is 1.12. The minimum absolute atomic E-state index is 0. The lowest BCUT2D eigenvalue weighted by atomic mass is 10.2. The van der Waals surface area contributed by atoms with Crippen LogP contribution in [0, 0.1) is 0 Å². The van der Waals surface area contributed by atoms with Gasteiger partial charge in [0.05, 0.1) is 6.61 Å². The van der Waals surface area contributed by atoms with E-state index in [-0.39, 0.29) is 18.2 Å². The van der Waals surface area contributed by atoms with Crippen LogP contribution in [0.5, 0.6) is 11.5 Å². The van der Waals surface area contributed by atoms with Crippen LogP contribution >= 0.6 is 12.4 Å². The molecule has 0 spiro atoms. The van der Waals surface area contributed by atoms with Crippen molar-refractivity contribution in [3.63, 3.8) is 0 Å². The zero-order valence-corrected chi connectivity index (χ0v) is 10.8. The summed E-state index contributed by atoms with van der Waals surface area (Å²) in [6.45, 7) is 7.46. The molecule has 1 aromatic carbocycles. The summed E-state index contributed by atoms with van der Waals surface area (Å²) in [5.74, 6) is 0.755. The largest absolute Gasteiger partial charge is 0.504 e. The molecule has 0 atom stereocenters. The van der Waals surface area contributed by atoms with E-state index in [4.69, 9.17) is 4.74 Å². The Balaban J connectivity index is 0.00000225. The Bertz CT molecular complexity index is 316. The van der Waals surface area contributed by atoms with E-state index in [1.54, 1.807) is 6.07 Å². The zero-order valence-electron chi connectivity index (χ0n) is 9.99. The first-order valence-corrected chi connectivity index (χ1v) is 5.31. The molecule has 0 bridgehead atoms. The molecule has 1 aromatic rings. The van der Waals surface area contributed by atoms with Gasteiger partial charge in [0.15, 0.2) is 11.5 Å². The number of ether oxygens (including phenoxy) is 1. The maximum absolute atomic E-state index is 9.50. The van der Waals surface area contributed by atoms with Gasteiger partial charge in [0, 0.05) is 12.6 Å². The highest BCUT2D eigenvalue weighted by molar-refractivity contribution is 5.85. The van der Waals surface area contributed by atoms with Gasteiger partial charge in [0.1, 0.15) is 0 Å². The molecule has 0 aliphatic heterocycles. The summed E-state index contributed by atoms with van der Waals surface area (Å²) in [7, 11) is 0. The second kappa shape index (κ2) is 7.36. The van der Waals surface area contributed by atoms with E-state index >= 15 is 0 Å². The van der Waals surface area contributed by atoms with Crippen LogP contribution in [0.1, 0.15) is 26.3 Å². The molecule has 0 fully saturated rings. The van der Waals surface area contributed by atoms with E-state index < -0.39 is 0 Å². The van der Waals surface area contributed by atoms with Crippen LogP contribution in [0.15, 0.2) is 18.2 Å². The van der Waals surface area contributed by atoms with Gasteiger partial charge in [-0.25, -0.2) is 0 Å². The lowest BCUT2D eigenvalue weighted by molar-refractivity contribution is 0.317. The number of rotatable bonds is 5. The molecule has 4 heteroatoms. The van der Waals surface area contributed by atoms with Gasteiger partial charge in [-0.1, -0.05) is 19.9 Å². The third kappa shape index (κ3) is 4.73. The molecule has 0 aromatic heterocycles. The summed E-state index contributed by atoms with van der Waals surface area (Å²) in [6, 6.07) is 5.89. The minimum Gasteiger partial charge on any atom is -0.504 e. The van der Waals surface area contributed by atoms with E-state index in [9.17, 15) is 5.11 Å². The lowest BCUT2D eigenvalue weighted by Crippen LogP contribution is -2.21. The van der Waals surface area contributed by atoms with Crippen molar-refractivity contribution in [1.82, 2.24) is 5.32 Å². The second-order valence-electron chi connectivity index (χ2n) is 3.77. The first-order chi connectivity index (χ1) is 7.13. The minimum atomic E-state index is 0. The van der Waals surface area contributed by atoms with Crippen molar-refractivity contribution in [2.24, 2.45) is 0 Å². The predicted octanol–water partition coefficient (Wildman–Crippen LogP) is 2.71. The van der Waals surface area contributed by atoms with Gasteiger partial charge in [-0.05, 0) is 24.6 Å². The first kappa shape index (κ1) is 15.1. The molecule has 0 radical (unpaired) electrons. The van der Waals surface area contributed by atoms with Crippen molar-refractivity contribution in [3.8, 4) is 11.5 Å². The van der Waals surface area contributed by atoms with Crippen LogP contribution in [0.3, 0.4) is 0 Å². The maximum atomic E-state index is 9.50.